The molecule has 3 aliphatic rings. The Bertz CT molecular complexity index is 577. The number of nitro groups is 1. The summed E-state index contributed by atoms with van der Waals surface area (Å²) in [6, 6.07) is 0. The maximum Gasteiger partial charge on any atom is 0.346 e. The van der Waals surface area contributed by atoms with Gasteiger partial charge in [-0.15, -0.1) is 0 Å². The van der Waals surface area contributed by atoms with Crippen LogP contribution >= 0.6 is 7.67 Å². The zero-order valence-corrected chi connectivity index (χ0v) is 14.0. The molecule has 0 amide bonds. The quantitative estimate of drug-likeness (QED) is 0.309. The maximum atomic E-state index is 13.2. The van der Waals surface area contributed by atoms with Gasteiger partial charge in [-0.3, -0.25) is 19.2 Å². The van der Waals surface area contributed by atoms with E-state index in [0.717, 1.165) is 31.8 Å². The third kappa shape index (κ3) is 2.78. The molecule has 0 bridgehead atoms. The third-order valence-electron chi connectivity index (χ3n) is 4.35. The summed E-state index contributed by atoms with van der Waals surface area (Å²) in [5.41, 5.74) is 1.03. The molecule has 0 aromatic rings. The van der Waals surface area contributed by atoms with Crippen molar-refractivity contribution in [1.82, 2.24) is 9.34 Å². The van der Waals surface area contributed by atoms with Gasteiger partial charge in [-0.2, -0.15) is 0 Å². The fraction of sp³-hybridized carbons (Fsp3) is 0.714. The van der Waals surface area contributed by atoms with Crippen molar-refractivity contribution in [3.05, 3.63) is 33.5 Å². The van der Waals surface area contributed by atoms with Gasteiger partial charge in [-0.25, -0.2) is 9.34 Å². The highest BCUT2D eigenvalue weighted by Gasteiger charge is 2.51. The van der Waals surface area contributed by atoms with Crippen molar-refractivity contribution in [3.8, 4) is 0 Å². The Morgan fingerprint density at radius 2 is 1.82 bits per heavy atom. The molecule has 122 valence electrons. The van der Waals surface area contributed by atoms with Gasteiger partial charge in [0.1, 0.15) is 0 Å². The highest BCUT2D eigenvalue weighted by Crippen LogP contribution is 2.62. The fourth-order valence-corrected chi connectivity index (χ4v) is 5.30. The second-order valence-corrected chi connectivity index (χ2v) is 8.73. The van der Waals surface area contributed by atoms with Crippen LogP contribution in [0.4, 0.5) is 0 Å². The van der Waals surface area contributed by atoms with Gasteiger partial charge in [-0.1, -0.05) is 19.9 Å². The summed E-state index contributed by atoms with van der Waals surface area (Å²) >= 11 is 0. The van der Waals surface area contributed by atoms with Gasteiger partial charge in [0.15, 0.2) is 0 Å². The first-order valence-corrected chi connectivity index (χ1v) is 9.23. The number of hydrogen-bond donors (Lipinski definition) is 0. The minimum atomic E-state index is -2.94. The largest absolute Gasteiger partial charge is 0.346 e. The first-order valence-electron chi connectivity index (χ1n) is 7.70. The van der Waals surface area contributed by atoms with Crippen molar-refractivity contribution in [2.24, 2.45) is 11.8 Å². The molecular weight excluding hydrogens is 305 g/mol. The molecule has 0 saturated carbocycles. The van der Waals surface area contributed by atoms with Crippen molar-refractivity contribution in [3.63, 3.8) is 0 Å². The van der Waals surface area contributed by atoms with Crippen LogP contribution < -0.4 is 0 Å². The smallest absolute Gasteiger partial charge is 0.298 e. The second kappa shape index (κ2) is 5.57. The lowest BCUT2D eigenvalue weighted by Crippen LogP contribution is -2.27. The summed E-state index contributed by atoms with van der Waals surface area (Å²) < 4.78 is 23.0. The maximum absolute atomic E-state index is 13.2. The molecule has 2 aliphatic heterocycles. The van der Waals surface area contributed by atoms with Crippen LogP contribution in [0.15, 0.2) is 23.4 Å². The lowest BCUT2D eigenvalue weighted by molar-refractivity contribution is -0.431. The molecule has 2 atom stereocenters. The molecule has 7 nitrogen and oxygen atoms in total. The van der Waals surface area contributed by atoms with E-state index in [0.29, 0.717) is 0 Å². The molecule has 2 heterocycles. The number of allylic oxidation sites excluding steroid dienone is 3. The zero-order chi connectivity index (χ0) is 16.1. The van der Waals surface area contributed by atoms with E-state index in [1.807, 2.05) is 30.1 Å². The van der Waals surface area contributed by atoms with E-state index in [-0.39, 0.29) is 28.6 Å². The molecule has 22 heavy (non-hydrogen) atoms. The van der Waals surface area contributed by atoms with E-state index >= 15 is 0 Å². The Morgan fingerprint density at radius 3 is 2.18 bits per heavy atom. The highest BCUT2D eigenvalue weighted by molar-refractivity contribution is 7.54. The Balaban J connectivity index is 1.80. The van der Waals surface area contributed by atoms with E-state index in [4.69, 9.17) is 4.52 Å². The van der Waals surface area contributed by atoms with Crippen LogP contribution in [0.2, 0.25) is 0 Å². The Hall–Kier alpha value is -1.01. The summed E-state index contributed by atoms with van der Waals surface area (Å²) in [4.78, 5) is 10.7. The molecule has 0 N–H and O–H groups in total. The monoisotopic (exact) mass is 327 g/mol. The molecule has 0 radical (unpaired) electrons. The van der Waals surface area contributed by atoms with Gasteiger partial charge in [0.05, 0.1) is 16.9 Å². The van der Waals surface area contributed by atoms with Gasteiger partial charge < -0.3 is 0 Å². The SMILES string of the molecule is CC1C(C(OP(=O)(N2CC2)N2CC2)C(C)C)=CC=C1[N+](=O)[O-]. The molecule has 8 heteroatoms. The summed E-state index contributed by atoms with van der Waals surface area (Å²) in [6.07, 6.45) is 2.94. The first kappa shape index (κ1) is 15.9. The standard InChI is InChI=1S/C14H22N3O4P/c1-10(2)14(12-4-5-13(11(12)3)17(18)19)21-22(20,15-6-7-15)16-8-9-16/h4-5,10-11,14H,6-9H2,1-3H3. The van der Waals surface area contributed by atoms with Crippen LogP contribution in [0.5, 0.6) is 0 Å². The van der Waals surface area contributed by atoms with E-state index in [2.05, 4.69) is 0 Å². The summed E-state index contributed by atoms with van der Waals surface area (Å²) in [7, 11) is -2.94. The molecular formula is C14H22N3O4P. The zero-order valence-electron chi connectivity index (χ0n) is 13.1. The summed E-state index contributed by atoms with van der Waals surface area (Å²) in [5, 5.41) is 11.1. The average molecular weight is 327 g/mol. The molecule has 0 aromatic heterocycles. The topological polar surface area (TPSA) is 75.5 Å². The number of rotatable bonds is 7. The van der Waals surface area contributed by atoms with Gasteiger partial charge in [0.2, 0.25) is 0 Å². The third-order valence-corrected chi connectivity index (χ3v) is 7.08. The summed E-state index contributed by atoms with van der Waals surface area (Å²) in [5.74, 6) is -0.208. The van der Waals surface area contributed by atoms with Crippen molar-refractivity contribution in [2.45, 2.75) is 26.9 Å². The molecule has 0 spiro atoms. The van der Waals surface area contributed by atoms with Crippen LogP contribution in [0, 0.1) is 22.0 Å². The molecule has 1 aliphatic carbocycles. The van der Waals surface area contributed by atoms with E-state index < -0.39 is 7.67 Å². The Kier molecular flexibility index (Phi) is 4.01. The highest BCUT2D eigenvalue weighted by atomic mass is 31.2. The van der Waals surface area contributed by atoms with Gasteiger partial charge in [0.25, 0.3) is 5.70 Å². The fourth-order valence-electron chi connectivity index (χ4n) is 2.82. The predicted octanol–water partition coefficient (Wildman–Crippen LogP) is 2.50. The van der Waals surface area contributed by atoms with Crippen LogP contribution in [-0.2, 0) is 9.09 Å². The number of hydrogen-bond acceptors (Lipinski definition) is 4. The Labute approximate surface area is 130 Å². The van der Waals surface area contributed by atoms with Crippen LogP contribution in [0.1, 0.15) is 20.8 Å². The van der Waals surface area contributed by atoms with Gasteiger partial charge in [0, 0.05) is 32.3 Å². The van der Waals surface area contributed by atoms with E-state index in [1.54, 1.807) is 12.2 Å². The normalized spacial score (nSPS) is 26.8. The molecule has 2 fully saturated rings. The van der Waals surface area contributed by atoms with E-state index in [9.17, 15) is 14.7 Å². The molecule has 0 aromatic carbocycles. The average Bonchev–Trinajstić information content (AvgIpc) is 3.33. The molecule has 3 rings (SSSR count). The lowest BCUT2D eigenvalue weighted by atomic mass is 9.91. The van der Waals surface area contributed by atoms with Crippen molar-refractivity contribution in [2.75, 3.05) is 26.2 Å². The molecule has 2 saturated heterocycles. The van der Waals surface area contributed by atoms with Crippen LogP contribution in [0.25, 0.3) is 0 Å². The van der Waals surface area contributed by atoms with Crippen molar-refractivity contribution in [1.29, 1.82) is 0 Å². The van der Waals surface area contributed by atoms with Gasteiger partial charge in [-0.05, 0) is 18.4 Å². The minimum Gasteiger partial charge on any atom is -0.298 e. The summed E-state index contributed by atoms with van der Waals surface area (Å²) in [6.45, 7) is 8.99. The molecule has 2 unspecified atom stereocenters. The lowest BCUT2D eigenvalue weighted by Gasteiger charge is -2.30. The second-order valence-electron chi connectivity index (χ2n) is 6.40. The van der Waals surface area contributed by atoms with Crippen molar-refractivity contribution < 1.29 is 14.0 Å². The van der Waals surface area contributed by atoms with Crippen LogP contribution in [0.3, 0.4) is 0 Å². The van der Waals surface area contributed by atoms with Crippen molar-refractivity contribution >= 4 is 7.67 Å². The Morgan fingerprint density at radius 1 is 1.27 bits per heavy atom. The predicted molar refractivity (Wildman–Crippen MR) is 82.8 cm³/mol. The van der Waals surface area contributed by atoms with E-state index in [1.165, 1.54) is 0 Å². The minimum absolute atomic E-state index is 0.0985. The first-order chi connectivity index (χ1) is 10.3. The van der Waals surface area contributed by atoms with Crippen LogP contribution in [-0.4, -0.2) is 46.5 Å². The van der Waals surface area contributed by atoms with Gasteiger partial charge >= 0.3 is 7.67 Å². The number of nitrogens with zero attached hydrogens (tertiary/aromatic N) is 3.